The fraction of sp³-hybridized carbons (Fsp3) is 0.833. The van der Waals surface area contributed by atoms with E-state index in [1.165, 1.54) is 0 Å². The summed E-state index contributed by atoms with van der Waals surface area (Å²) >= 11 is 0. The molecule has 0 saturated heterocycles. The van der Waals surface area contributed by atoms with Crippen molar-refractivity contribution in [2.45, 2.75) is 24.7 Å². The van der Waals surface area contributed by atoms with Crippen LogP contribution in [0.1, 0.15) is 6.42 Å². The minimum atomic E-state index is -4.87. The van der Waals surface area contributed by atoms with Crippen LogP contribution in [0, 0.1) is 0 Å². The first-order chi connectivity index (χ1) is 6.81. The molecule has 0 aliphatic carbocycles. The Bertz CT molecular complexity index is 237. The second-order valence-corrected chi connectivity index (χ2v) is 3.97. The van der Waals surface area contributed by atoms with E-state index >= 15 is 0 Å². The molecular weight excluding hydrogens is 231 g/mol. The molecule has 0 rings (SSSR count). The number of carbonyl (C=O) groups is 1. The van der Waals surface area contributed by atoms with Gasteiger partial charge in [-0.25, -0.2) is 4.57 Å². The highest BCUT2D eigenvalue weighted by Gasteiger charge is 2.31. The van der Waals surface area contributed by atoms with Crippen LogP contribution < -0.4 is 0 Å². The Morgan fingerprint density at radius 1 is 1.33 bits per heavy atom. The molecule has 0 unspecified atom stereocenters. The van der Waals surface area contributed by atoms with Gasteiger partial charge in [0.15, 0.2) is 0 Å². The number of hydrogen-bond acceptors (Lipinski definition) is 6. The molecule has 90 valence electrons. The van der Waals surface area contributed by atoms with Gasteiger partial charge < -0.3 is 29.9 Å². The van der Waals surface area contributed by atoms with Crippen LogP contribution in [0.25, 0.3) is 0 Å². The number of aliphatic hydroxyl groups excluding tert-OH is 3. The number of aliphatic hydroxyl groups is 3. The minimum absolute atomic E-state index is 0.319. The third-order valence-electron chi connectivity index (χ3n) is 1.57. The maximum Gasteiger partial charge on any atom is 0.470 e. The van der Waals surface area contributed by atoms with Gasteiger partial charge in [-0.15, -0.1) is 0 Å². The first-order valence-corrected chi connectivity index (χ1v) is 5.49. The molecule has 5 N–H and O–H groups in total. The van der Waals surface area contributed by atoms with Crippen molar-refractivity contribution in [2.24, 2.45) is 0 Å². The lowest BCUT2D eigenvalue weighted by atomic mass is 10.1. The van der Waals surface area contributed by atoms with Gasteiger partial charge >= 0.3 is 7.82 Å². The highest BCUT2D eigenvalue weighted by Crippen LogP contribution is 2.38. The van der Waals surface area contributed by atoms with Gasteiger partial charge in [0.2, 0.25) is 0 Å². The van der Waals surface area contributed by atoms with Crippen molar-refractivity contribution in [2.75, 3.05) is 6.61 Å². The number of rotatable bonds is 7. The maximum atomic E-state index is 10.4. The van der Waals surface area contributed by atoms with E-state index in [-0.39, 0.29) is 0 Å². The molecule has 8 nitrogen and oxygen atoms in total. The first-order valence-electron chi connectivity index (χ1n) is 3.96. The normalized spacial score (nSPS) is 18.2. The lowest BCUT2D eigenvalue weighted by molar-refractivity contribution is -0.114. The highest BCUT2D eigenvalue weighted by molar-refractivity contribution is 7.46. The van der Waals surface area contributed by atoms with Crippen molar-refractivity contribution < 1.29 is 39.0 Å². The quantitative estimate of drug-likeness (QED) is 0.250. The van der Waals surface area contributed by atoms with Crippen LogP contribution in [0.15, 0.2) is 0 Å². The molecule has 0 spiro atoms. The van der Waals surface area contributed by atoms with Crippen LogP contribution in [-0.2, 0) is 13.9 Å². The topological polar surface area (TPSA) is 145 Å². The lowest BCUT2D eigenvalue weighted by Crippen LogP contribution is -2.41. The van der Waals surface area contributed by atoms with Crippen molar-refractivity contribution in [1.29, 1.82) is 0 Å². The number of phosphoric ester groups is 1. The maximum absolute atomic E-state index is 10.4. The van der Waals surface area contributed by atoms with E-state index in [1.54, 1.807) is 0 Å². The van der Waals surface area contributed by atoms with Gasteiger partial charge in [0.1, 0.15) is 18.5 Å². The summed E-state index contributed by atoms with van der Waals surface area (Å²) in [5.74, 6) is 0. The average Bonchev–Trinajstić information content (AvgIpc) is 2.12. The molecule has 0 aliphatic rings. The van der Waals surface area contributed by atoms with Crippen molar-refractivity contribution >= 4 is 14.1 Å². The first kappa shape index (κ1) is 14.7. The molecular formula is C6H13O8P. The lowest BCUT2D eigenvalue weighted by Gasteiger charge is -2.24. The second kappa shape index (κ2) is 6.29. The standard InChI is InChI=1S/C6H13O8P/c7-2-1-4(9)6(10)5(3-8)14-15(11,12)13/h2,4-6,8-10H,1,3H2,(H2,11,12,13)/t4-,5-,6+/m1/s1. The molecule has 0 heterocycles. The van der Waals surface area contributed by atoms with Gasteiger partial charge in [0, 0.05) is 6.42 Å². The SMILES string of the molecule is O=CC[C@@H](O)[C@H](O)[C@@H](CO)OP(=O)(O)O. The number of hydrogen-bond donors (Lipinski definition) is 5. The van der Waals surface area contributed by atoms with Crippen molar-refractivity contribution in [3.8, 4) is 0 Å². The monoisotopic (exact) mass is 244 g/mol. The van der Waals surface area contributed by atoms with Crippen LogP contribution in [0.3, 0.4) is 0 Å². The van der Waals surface area contributed by atoms with Crippen molar-refractivity contribution in [3.05, 3.63) is 0 Å². The number of aldehydes is 1. The molecule has 0 aromatic carbocycles. The van der Waals surface area contributed by atoms with Gasteiger partial charge in [-0.3, -0.25) is 4.52 Å². The van der Waals surface area contributed by atoms with E-state index in [1.807, 2.05) is 0 Å². The minimum Gasteiger partial charge on any atom is -0.394 e. The van der Waals surface area contributed by atoms with E-state index in [2.05, 4.69) is 4.52 Å². The molecule has 3 atom stereocenters. The van der Waals surface area contributed by atoms with Gasteiger partial charge in [-0.1, -0.05) is 0 Å². The average molecular weight is 244 g/mol. The molecule has 0 aromatic heterocycles. The predicted molar refractivity (Wildman–Crippen MR) is 46.7 cm³/mol. The molecule has 0 aliphatic heterocycles. The molecule has 0 bridgehead atoms. The number of carbonyl (C=O) groups excluding carboxylic acids is 1. The Balaban J connectivity index is 4.39. The van der Waals surface area contributed by atoms with Gasteiger partial charge in [-0.05, 0) is 0 Å². The molecule has 9 heteroatoms. The molecule has 0 amide bonds. The molecule has 0 aromatic rings. The van der Waals surface area contributed by atoms with Crippen LogP contribution in [0.5, 0.6) is 0 Å². The zero-order chi connectivity index (χ0) is 12.1. The van der Waals surface area contributed by atoms with Crippen LogP contribution >= 0.6 is 7.82 Å². The van der Waals surface area contributed by atoms with Crippen molar-refractivity contribution in [1.82, 2.24) is 0 Å². The van der Waals surface area contributed by atoms with E-state index in [0.29, 0.717) is 6.29 Å². The predicted octanol–water partition coefficient (Wildman–Crippen LogP) is -2.23. The molecule has 15 heavy (non-hydrogen) atoms. The fourth-order valence-corrected chi connectivity index (χ4v) is 1.41. The van der Waals surface area contributed by atoms with E-state index < -0.39 is 39.2 Å². The largest absolute Gasteiger partial charge is 0.470 e. The van der Waals surface area contributed by atoms with E-state index in [9.17, 15) is 14.5 Å². The summed E-state index contributed by atoms with van der Waals surface area (Å²) in [5, 5.41) is 27.0. The van der Waals surface area contributed by atoms with Crippen molar-refractivity contribution in [3.63, 3.8) is 0 Å². The molecule has 0 saturated carbocycles. The summed E-state index contributed by atoms with van der Waals surface area (Å²) in [6, 6.07) is 0. The summed E-state index contributed by atoms with van der Waals surface area (Å²) in [6.07, 6.45) is -5.07. The summed E-state index contributed by atoms with van der Waals surface area (Å²) < 4.78 is 14.4. The van der Waals surface area contributed by atoms with Crippen LogP contribution in [-0.4, -0.2) is 56.3 Å². The smallest absolute Gasteiger partial charge is 0.394 e. The Morgan fingerprint density at radius 3 is 2.20 bits per heavy atom. The molecule has 0 fully saturated rings. The third kappa shape index (κ3) is 5.95. The zero-order valence-corrected chi connectivity index (χ0v) is 8.53. The van der Waals surface area contributed by atoms with Crippen LogP contribution in [0.4, 0.5) is 0 Å². The fourth-order valence-electron chi connectivity index (χ4n) is 0.866. The van der Waals surface area contributed by atoms with Gasteiger partial charge in [-0.2, -0.15) is 0 Å². The Morgan fingerprint density at radius 2 is 1.87 bits per heavy atom. The summed E-state index contributed by atoms with van der Waals surface area (Å²) in [6.45, 7) is -0.901. The third-order valence-corrected chi connectivity index (χ3v) is 2.11. The van der Waals surface area contributed by atoms with Gasteiger partial charge in [0.25, 0.3) is 0 Å². The van der Waals surface area contributed by atoms with Gasteiger partial charge in [0.05, 0.1) is 12.7 Å². The summed E-state index contributed by atoms with van der Waals surface area (Å²) in [4.78, 5) is 26.8. The second-order valence-electron chi connectivity index (χ2n) is 2.78. The highest BCUT2D eigenvalue weighted by atomic mass is 31.2. The Kier molecular flexibility index (Phi) is 6.15. The number of phosphoric acid groups is 1. The summed E-state index contributed by atoms with van der Waals surface area (Å²) in [7, 11) is -4.87. The zero-order valence-electron chi connectivity index (χ0n) is 7.63. The van der Waals surface area contributed by atoms with E-state index in [0.717, 1.165) is 0 Å². The summed E-state index contributed by atoms with van der Waals surface area (Å²) in [5.41, 5.74) is 0. The Labute approximate surface area is 85.4 Å². The molecule has 0 radical (unpaired) electrons. The van der Waals surface area contributed by atoms with Crippen LogP contribution in [0.2, 0.25) is 0 Å². The van der Waals surface area contributed by atoms with E-state index in [4.69, 9.17) is 20.0 Å². The Hall–Kier alpha value is -0.340.